The predicted molar refractivity (Wildman–Crippen MR) is 82.5 cm³/mol. The number of aliphatic hydroxyl groups is 2. The molecule has 0 aromatic heterocycles. The van der Waals surface area contributed by atoms with E-state index in [1.165, 1.54) is 38.5 Å². The van der Waals surface area contributed by atoms with E-state index in [2.05, 4.69) is 13.8 Å². The highest BCUT2D eigenvalue weighted by Crippen LogP contribution is 1.99. The molecule has 0 aliphatic carbocycles. The van der Waals surface area contributed by atoms with Crippen molar-refractivity contribution in [2.45, 2.75) is 78.1 Å². The molecule has 0 aromatic carbocycles. The van der Waals surface area contributed by atoms with Crippen LogP contribution in [0.3, 0.4) is 0 Å². The molecule has 0 spiro atoms. The highest BCUT2D eigenvalue weighted by atomic mass is 16.5. The Morgan fingerprint density at radius 2 is 1.05 bits per heavy atom. The lowest BCUT2D eigenvalue weighted by molar-refractivity contribution is 0.127. The highest BCUT2D eigenvalue weighted by molar-refractivity contribution is 4.40. The van der Waals surface area contributed by atoms with Gasteiger partial charge in [-0.3, -0.25) is 0 Å². The summed E-state index contributed by atoms with van der Waals surface area (Å²) >= 11 is 0. The van der Waals surface area contributed by atoms with Gasteiger partial charge in [0.05, 0.1) is 0 Å². The molecular weight excluding hydrogens is 240 g/mol. The number of unbranched alkanes of at least 4 members (excludes halogenated alkanes) is 7. The fourth-order valence-electron chi connectivity index (χ4n) is 1.56. The van der Waals surface area contributed by atoms with Gasteiger partial charge in [0.25, 0.3) is 0 Å². The summed E-state index contributed by atoms with van der Waals surface area (Å²) < 4.78 is 5.42. The van der Waals surface area contributed by atoms with Crippen LogP contribution in [0, 0.1) is 0 Å². The highest BCUT2D eigenvalue weighted by Gasteiger charge is 1.88. The van der Waals surface area contributed by atoms with Gasteiger partial charge in [0, 0.05) is 26.4 Å². The Labute approximate surface area is 120 Å². The van der Waals surface area contributed by atoms with Gasteiger partial charge in [-0.05, 0) is 25.7 Å². The molecule has 3 nitrogen and oxygen atoms in total. The van der Waals surface area contributed by atoms with E-state index in [-0.39, 0.29) is 13.2 Å². The maximum absolute atomic E-state index is 8.30. The number of aliphatic hydroxyl groups excluding tert-OH is 2. The van der Waals surface area contributed by atoms with E-state index in [4.69, 9.17) is 14.9 Å². The molecule has 0 unspecified atom stereocenters. The van der Waals surface area contributed by atoms with Crippen molar-refractivity contribution in [2.24, 2.45) is 0 Å². The van der Waals surface area contributed by atoms with Crippen molar-refractivity contribution in [3.8, 4) is 0 Å². The summed E-state index contributed by atoms with van der Waals surface area (Å²) in [5.41, 5.74) is 0. The summed E-state index contributed by atoms with van der Waals surface area (Å²) in [6, 6.07) is 0. The minimum Gasteiger partial charge on any atom is -0.396 e. The standard InChI is InChI=1S/C10H22O.C6H14O2/c1-3-5-7-8-10-11-9-6-4-2;7-5-3-1-2-4-6-8/h3-10H2,1-2H3;7-8H,1-6H2. The van der Waals surface area contributed by atoms with Crippen molar-refractivity contribution in [1.82, 2.24) is 0 Å². The van der Waals surface area contributed by atoms with Crippen molar-refractivity contribution in [2.75, 3.05) is 26.4 Å². The normalized spacial score (nSPS) is 10.1. The third-order valence-electron chi connectivity index (χ3n) is 2.85. The molecule has 0 aliphatic heterocycles. The number of ether oxygens (including phenoxy) is 1. The van der Waals surface area contributed by atoms with Crippen LogP contribution in [-0.4, -0.2) is 36.6 Å². The topological polar surface area (TPSA) is 49.7 Å². The van der Waals surface area contributed by atoms with Crippen LogP contribution in [-0.2, 0) is 4.74 Å². The summed E-state index contributed by atoms with van der Waals surface area (Å²) in [6.07, 6.45) is 11.5. The molecule has 0 aliphatic rings. The molecule has 0 amide bonds. The minimum atomic E-state index is 0.283. The second-order valence-corrected chi connectivity index (χ2v) is 4.89. The molecule has 0 bridgehead atoms. The van der Waals surface area contributed by atoms with Crippen LogP contribution in [0.15, 0.2) is 0 Å². The predicted octanol–water partition coefficient (Wildman–Crippen LogP) is 3.91. The van der Waals surface area contributed by atoms with Gasteiger partial charge < -0.3 is 14.9 Å². The lowest BCUT2D eigenvalue weighted by Gasteiger charge is -2.01. The van der Waals surface area contributed by atoms with Crippen molar-refractivity contribution >= 4 is 0 Å². The molecule has 19 heavy (non-hydrogen) atoms. The van der Waals surface area contributed by atoms with Crippen molar-refractivity contribution in [3.05, 3.63) is 0 Å². The molecular formula is C16H36O3. The maximum Gasteiger partial charge on any atom is 0.0466 e. The van der Waals surface area contributed by atoms with Crippen LogP contribution in [0.1, 0.15) is 78.1 Å². The largest absolute Gasteiger partial charge is 0.396 e. The van der Waals surface area contributed by atoms with Gasteiger partial charge in [-0.15, -0.1) is 0 Å². The average molecular weight is 276 g/mol. The number of rotatable bonds is 13. The summed E-state index contributed by atoms with van der Waals surface area (Å²) in [6.45, 7) is 6.93. The van der Waals surface area contributed by atoms with Crippen LogP contribution in [0.25, 0.3) is 0 Å². The van der Waals surface area contributed by atoms with Gasteiger partial charge in [-0.1, -0.05) is 52.4 Å². The summed E-state index contributed by atoms with van der Waals surface area (Å²) in [5.74, 6) is 0. The molecule has 0 saturated carbocycles. The van der Waals surface area contributed by atoms with Crippen LogP contribution >= 0.6 is 0 Å². The summed E-state index contributed by atoms with van der Waals surface area (Å²) in [7, 11) is 0. The van der Waals surface area contributed by atoms with Crippen molar-refractivity contribution in [3.63, 3.8) is 0 Å². The second-order valence-electron chi connectivity index (χ2n) is 4.89. The van der Waals surface area contributed by atoms with E-state index in [1.54, 1.807) is 0 Å². The molecule has 118 valence electrons. The minimum absolute atomic E-state index is 0.283. The first-order chi connectivity index (χ1) is 9.33. The molecule has 0 heterocycles. The first kappa shape index (κ1) is 21.2. The smallest absolute Gasteiger partial charge is 0.0466 e. The van der Waals surface area contributed by atoms with Gasteiger partial charge in [0.1, 0.15) is 0 Å². The van der Waals surface area contributed by atoms with Crippen LogP contribution in [0.2, 0.25) is 0 Å². The Balaban J connectivity index is 0. The molecule has 0 saturated heterocycles. The Kier molecular flexibility index (Phi) is 25.7. The van der Waals surface area contributed by atoms with Gasteiger partial charge in [-0.2, -0.15) is 0 Å². The molecule has 2 N–H and O–H groups in total. The molecule has 0 atom stereocenters. The zero-order valence-corrected chi connectivity index (χ0v) is 13.2. The van der Waals surface area contributed by atoms with E-state index in [1.807, 2.05) is 0 Å². The lowest BCUT2D eigenvalue weighted by atomic mass is 10.2. The van der Waals surface area contributed by atoms with E-state index >= 15 is 0 Å². The van der Waals surface area contributed by atoms with E-state index in [0.29, 0.717) is 0 Å². The number of hydrogen-bond donors (Lipinski definition) is 2. The molecule has 0 radical (unpaired) electrons. The summed E-state index contributed by atoms with van der Waals surface area (Å²) in [5, 5.41) is 16.6. The lowest BCUT2D eigenvalue weighted by Crippen LogP contribution is -1.96. The Morgan fingerprint density at radius 3 is 1.53 bits per heavy atom. The molecule has 3 heteroatoms. The van der Waals surface area contributed by atoms with Crippen molar-refractivity contribution < 1.29 is 14.9 Å². The van der Waals surface area contributed by atoms with Gasteiger partial charge in [-0.25, -0.2) is 0 Å². The zero-order chi connectivity index (χ0) is 14.6. The van der Waals surface area contributed by atoms with Gasteiger partial charge in [0.2, 0.25) is 0 Å². The third kappa shape index (κ3) is 27.2. The third-order valence-corrected chi connectivity index (χ3v) is 2.85. The maximum atomic E-state index is 8.30. The van der Waals surface area contributed by atoms with Gasteiger partial charge in [0.15, 0.2) is 0 Å². The van der Waals surface area contributed by atoms with Crippen molar-refractivity contribution in [1.29, 1.82) is 0 Å². The van der Waals surface area contributed by atoms with Gasteiger partial charge >= 0.3 is 0 Å². The SMILES string of the molecule is CCCCCCOCCCC.OCCCCCCO. The van der Waals surface area contributed by atoms with E-state index in [9.17, 15) is 0 Å². The Hall–Kier alpha value is -0.120. The fourth-order valence-corrected chi connectivity index (χ4v) is 1.56. The Bertz CT molecular complexity index is 115. The quantitative estimate of drug-likeness (QED) is 0.501. The molecule has 0 aromatic rings. The molecule has 0 rings (SSSR count). The van der Waals surface area contributed by atoms with E-state index in [0.717, 1.165) is 38.9 Å². The first-order valence-electron chi connectivity index (χ1n) is 8.12. The number of hydrogen-bond acceptors (Lipinski definition) is 3. The van der Waals surface area contributed by atoms with E-state index < -0.39 is 0 Å². The monoisotopic (exact) mass is 276 g/mol. The average Bonchev–Trinajstić information content (AvgIpc) is 2.44. The zero-order valence-electron chi connectivity index (χ0n) is 13.2. The first-order valence-corrected chi connectivity index (χ1v) is 8.12. The van der Waals surface area contributed by atoms with Crippen LogP contribution in [0.5, 0.6) is 0 Å². The molecule has 0 fully saturated rings. The fraction of sp³-hybridized carbons (Fsp3) is 1.00. The second kappa shape index (κ2) is 23.0. The Morgan fingerprint density at radius 1 is 0.579 bits per heavy atom. The summed E-state index contributed by atoms with van der Waals surface area (Å²) in [4.78, 5) is 0. The van der Waals surface area contributed by atoms with Crippen LogP contribution < -0.4 is 0 Å². The van der Waals surface area contributed by atoms with Crippen LogP contribution in [0.4, 0.5) is 0 Å².